The van der Waals surface area contributed by atoms with Crippen LogP contribution in [0.15, 0.2) is 30.5 Å². The van der Waals surface area contributed by atoms with E-state index in [0.717, 1.165) is 13.2 Å². The molecule has 11 heteroatoms. The molecule has 0 aliphatic carbocycles. The summed E-state index contributed by atoms with van der Waals surface area (Å²) < 4.78 is 44.3. The van der Waals surface area contributed by atoms with Crippen LogP contribution in [0.3, 0.4) is 0 Å². The number of hydrogen-bond donors (Lipinski definition) is 0. The molecular weight excluding hydrogens is 381 g/mol. The highest BCUT2D eigenvalue weighted by molar-refractivity contribution is 5.95. The second-order valence-corrected chi connectivity index (χ2v) is 6.37. The van der Waals surface area contributed by atoms with Crippen molar-refractivity contribution in [2.75, 3.05) is 25.1 Å². The maximum Gasteiger partial charge on any atom is 0.435 e. The maximum absolute atomic E-state index is 12.8. The number of rotatable bonds is 4. The first kappa shape index (κ1) is 19.6. The lowest BCUT2D eigenvalue weighted by molar-refractivity contribution is -0.385. The van der Waals surface area contributed by atoms with E-state index in [1.165, 1.54) is 29.1 Å². The molecule has 1 atom stereocenters. The van der Waals surface area contributed by atoms with Gasteiger partial charge in [0.2, 0.25) is 0 Å². The van der Waals surface area contributed by atoms with Crippen LogP contribution in [0.1, 0.15) is 34.9 Å². The predicted molar refractivity (Wildman–Crippen MR) is 92.1 cm³/mol. The average Bonchev–Trinajstić information content (AvgIpc) is 3.17. The zero-order valence-electron chi connectivity index (χ0n) is 14.8. The highest BCUT2D eigenvalue weighted by atomic mass is 19.4. The van der Waals surface area contributed by atoms with Crippen molar-refractivity contribution in [2.45, 2.75) is 25.1 Å². The van der Waals surface area contributed by atoms with Crippen LogP contribution in [0.25, 0.3) is 0 Å². The number of halogens is 3. The van der Waals surface area contributed by atoms with Gasteiger partial charge < -0.3 is 9.64 Å². The normalized spacial score (nSPS) is 17.4. The SMILES string of the molecule is COC(=O)c1cc(N2CCCC(n3ccc(C(F)(F)F)n3)C2)ccc1[N+](=O)[O-]. The summed E-state index contributed by atoms with van der Waals surface area (Å²) in [4.78, 5) is 24.2. The van der Waals surface area contributed by atoms with Crippen LogP contribution >= 0.6 is 0 Å². The highest BCUT2D eigenvalue weighted by Crippen LogP contribution is 2.32. The van der Waals surface area contributed by atoms with E-state index in [-0.39, 0.29) is 17.3 Å². The Morgan fingerprint density at radius 3 is 2.71 bits per heavy atom. The molecule has 150 valence electrons. The Hall–Kier alpha value is -3.11. The van der Waals surface area contributed by atoms with E-state index in [9.17, 15) is 28.1 Å². The summed E-state index contributed by atoms with van der Waals surface area (Å²) in [5.41, 5.74) is -0.941. The Kier molecular flexibility index (Phi) is 5.25. The number of piperidine rings is 1. The van der Waals surface area contributed by atoms with Crippen molar-refractivity contribution in [1.29, 1.82) is 0 Å². The molecule has 1 aliphatic heterocycles. The molecule has 0 N–H and O–H groups in total. The fourth-order valence-electron chi connectivity index (χ4n) is 3.25. The third-order valence-electron chi connectivity index (χ3n) is 4.62. The topological polar surface area (TPSA) is 90.5 Å². The molecule has 0 radical (unpaired) electrons. The van der Waals surface area contributed by atoms with Gasteiger partial charge in [0.15, 0.2) is 5.69 Å². The lowest BCUT2D eigenvalue weighted by Crippen LogP contribution is -2.37. The number of carbonyl (C=O) groups is 1. The minimum atomic E-state index is -4.51. The molecule has 2 aromatic rings. The molecule has 1 unspecified atom stereocenters. The molecule has 1 aromatic heterocycles. The first-order valence-electron chi connectivity index (χ1n) is 8.44. The van der Waals surface area contributed by atoms with Gasteiger partial charge in [-0.15, -0.1) is 0 Å². The number of nitrogens with zero attached hydrogens (tertiary/aromatic N) is 4. The first-order chi connectivity index (χ1) is 13.2. The van der Waals surface area contributed by atoms with E-state index in [1.54, 1.807) is 0 Å². The monoisotopic (exact) mass is 398 g/mol. The van der Waals surface area contributed by atoms with Gasteiger partial charge in [-0.05, 0) is 31.0 Å². The van der Waals surface area contributed by atoms with Gasteiger partial charge in [-0.1, -0.05) is 0 Å². The molecule has 8 nitrogen and oxygen atoms in total. The number of ether oxygens (including phenoxy) is 1. The van der Waals surface area contributed by atoms with Crippen molar-refractivity contribution in [3.05, 3.63) is 51.8 Å². The van der Waals surface area contributed by atoms with Crippen molar-refractivity contribution in [2.24, 2.45) is 0 Å². The quantitative estimate of drug-likeness (QED) is 0.445. The minimum absolute atomic E-state index is 0.175. The summed E-state index contributed by atoms with van der Waals surface area (Å²) in [5, 5.41) is 14.8. The number of methoxy groups -OCH3 is 1. The molecule has 28 heavy (non-hydrogen) atoms. The van der Waals surface area contributed by atoms with Gasteiger partial charge in [-0.3, -0.25) is 14.8 Å². The van der Waals surface area contributed by atoms with Crippen LogP contribution in [-0.4, -0.2) is 40.9 Å². The summed E-state index contributed by atoms with van der Waals surface area (Å²) in [6, 6.07) is 4.75. The smallest absolute Gasteiger partial charge is 0.435 e. The fourth-order valence-corrected chi connectivity index (χ4v) is 3.25. The average molecular weight is 398 g/mol. The van der Waals surface area contributed by atoms with Gasteiger partial charge in [0.1, 0.15) is 5.56 Å². The Labute approximate surface area is 157 Å². The third kappa shape index (κ3) is 3.92. The second kappa shape index (κ2) is 7.49. The molecule has 0 spiro atoms. The molecule has 3 rings (SSSR count). The third-order valence-corrected chi connectivity index (χ3v) is 4.62. The fraction of sp³-hybridized carbons (Fsp3) is 0.412. The predicted octanol–water partition coefficient (Wildman–Crippen LogP) is 3.44. The standard InChI is InChI=1S/C17H17F3N4O4/c1-28-16(25)13-9-11(4-5-14(13)24(26)27)22-7-2-3-12(10-22)23-8-6-15(21-23)17(18,19)20/h4-6,8-9,12H,2-3,7,10H2,1H3. The number of hydrogen-bond acceptors (Lipinski definition) is 6. The van der Waals surface area contributed by atoms with E-state index in [1.807, 2.05) is 4.90 Å². The van der Waals surface area contributed by atoms with E-state index >= 15 is 0 Å². The summed E-state index contributed by atoms with van der Waals surface area (Å²) in [6.07, 6.45) is -1.87. The zero-order chi connectivity index (χ0) is 20.5. The van der Waals surface area contributed by atoms with Gasteiger partial charge in [0.25, 0.3) is 5.69 Å². The van der Waals surface area contributed by atoms with Gasteiger partial charge in [0, 0.05) is 31.0 Å². The Morgan fingerprint density at radius 2 is 2.11 bits per heavy atom. The number of benzene rings is 1. The maximum atomic E-state index is 12.8. The number of alkyl halides is 3. The van der Waals surface area contributed by atoms with Crippen LogP contribution in [0.5, 0.6) is 0 Å². The van der Waals surface area contributed by atoms with E-state index in [0.29, 0.717) is 31.6 Å². The molecule has 1 saturated heterocycles. The van der Waals surface area contributed by atoms with Crippen molar-refractivity contribution in [3.63, 3.8) is 0 Å². The van der Waals surface area contributed by atoms with Crippen molar-refractivity contribution in [3.8, 4) is 0 Å². The van der Waals surface area contributed by atoms with E-state index in [2.05, 4.69) is 9.84 Å². The van der Waals surface area contributed by atoms with Crippen LogP contribution in [-0.2, 0) is 10.9 Å². The van der Waals surface area contributed by atoms with E-state index < -0.39 is 22.8 Å². The van der Waals surface area contributed by atoms with Crippen LogP contribution < -0.4 is 4.90 Å². The van der Waals surface area contributed by atoms with Crippen molar-refractivity contribution in [1.82, 2.24) is 9.78 Å². The Bertz CT molecular complexity index is 897. The largest absolute Gasteiger partial charge is 0.465 e. The lowest BCUT2D eigenvalue weighted by Gasteiger charge is -2.34. The lowest BCUT2D eigenvalue weighted by atomic mass is 10.0. The van der Waals surface area contributed by atoms with Crippen molar-refractivity contribution < 1.29 is 27.6 Å². The van der Waals surface area contributed by atoms with Gasteiger partial charge in [-0.25, -0.2) is 4.79 Å². The molecule has 0 amide bonds. The van der Waals surface area contributed by atoms with Gasteiger partial charge >= 0.3 is 12.1 Å². The first-order valence-corrected chi connectivity index (χ1v) is 8.44. The summed E-state index contributed by atoms with van der Waals surface area (Å²) in [6.45, 7) is 0.958. The molecular formula is C17H17F3N4O4. The molecule has 0 bridgehead atoms. The Balaban J connectivity index is 1.85. The summed E-state index contributed by atoms with van der Waals surface area (Å²) >= 11 is 0. The summed E-state index contributed by atoms with van der Waals surface area (Å²) in [7, 11) is 1.13. The van der Waals surface area contributed by atoms with Crippen LogP contribution in [0, 0.1) is 10.1 Å². The number of carbonyl (C=O) groups excluding carboxylic acids is 1. The molecule has 1 fully saturated rings. The number of aromatic nitrogens is 2. The number of nitro groups is 1. The molecule has 2 heterocycles. The zero-order valence-corrected chi connectivity index (χ0v) is 14.8. The molecule has 1 aliphatic rings. The summed E-state index contributed by atoms with van der Waals surface area (Å²) in [5.74, 6) is -0.830. The number of nitro benzene ring substituents is 1. The highest BCUT2D eigenvalue weighted by Gasteiger charge is 2.34. The van der Waals surface area contributed by atoms with Crippen LogP contribution in [0.4, 0.5) is 24.5 Å². The Morgan fingerprint density at radius 1 is 1.36 bits per heavy atom. The number of anilines is 1. The molecule has 0 saturated carbocycles. The van der Waals surface area contributed by atoms with Gasteiger partial charge in [-0.2, -0.15) is 18.3 Å². The van der Waals surface area contributed by atoms with E-state index in [4.69, 9.17) is 0 Å². The molecule has 1 aromatic carbocycles. The van der Waals surface area contributed by atoms with Crippen LogP contribution in [0.2, 0.25) is 0 Å². The second-order valence-electron chi connectivity index (χ2n) is 6.37. The van der Waals surface area contributed by atoms with Gasteiger partial charge in [0.05, 0.1) is 18.1 Å². The number of esters is 1. The minimum Gasteiger partial charge on any atom is -0.465 e. The van der Waals surface area contributed by atoms with Crippen molar-refractivity contribution >= 4 is 17.3 Å².